The zero-order valence-corrected chi connectivity index (χ0v) is 15.2. The lowest BCUT2D eigenvalue weighted by molar-refractivity contribution is 0.143. The molecule has 5 heteroatoms. The molecule has 132 valence electrons. The fraction of sp³-hybridized carbons (Fsp3) is 0.400. The number of piperazine rings is 1. The van der Waals surface area contributed by atoms with Crippen molar-refractivity contribution >= 4 is 11.7 Å². The molecule has 2 aromatic rings. The van der Waals surface area contributed by atoms with Crippen LogP contribution in [0.1, 0.15) is 22.3 Å². The Morgan fingerprint density at radius 3 is 2.40 bits per heavy atom. The summed E-state index contributed by atoms with van der Waals surface area (Å²) in [5.41, 5.74) is 5.60. The molecule has 0 saturated carbocycles. The first kappa shape index (κ1) is 17.4. The standard InChI is InChI=1S/C20H26N4O/c1-15-11-16(2)19(17(3)12-15)22-20(25)24-9-7-23(8-10-24)14-18-5-4-6-21-13-18/h4-6,11-13H,7-10,14H2,1-3H3,(H,22,25). The van der Waals surface area contributed by atoms with Crippen LogP contribution in [-0.4, -0.2) is 47.0 Å². The quantitative estimate of drug-likeness (QED) is 0.933. The summed E-state index contributed by atoms with van der Waals surface area (Å²) in [4.78, 5) is 21.0. The molecule has 2 amide bonds. The molecule has 1 aromatic heterocycles. The van der Waals surface area contributed by atoms with E-state index in [0.29, 0.717) is 0 Å². The largest absolute Gasteiger partial charge is 0.322 e. The Morgan fingerprint density at radius 1 is 1.12 bits per heavy atom. The Labute approximate surface area is 149 Å². The Kier molecular flexibility index (Phi) is 5.34. The molecule has 3 rings (SSSR count). The molecule has 1 N–H and O–H groups in total. The van der Waals surface area contributed by atoms with Gasteiger partial charge in [0.05, 0.1) is 0 Å². The van der Waals surface area contributed by atoms with Gasteiger partial charge >= 0.3 is 6.03 Å². The van der Waals surface area contributed by atoms with Crippen molar-refractivity contribution in [3.8, 4) is 0 Å². The summed E-state index contributed by atoms with van der Waals surface area (Å²) in [6, 6.07) is 8.26. The maximum Gasteiger partial charge on any atom is 0.321 e. The molecule has 0 radical (unpaired) electrons. The highest BCUT2D eigenvalue weighted by atomic mass is 16.2. The monoisotopic (exact) mass is 338 g/mol. The molecule has 1 saturated heterocycles. The van der Waals surface area contributed by atoms with E-state index in [4.69, 9.17) is 0 Å². The van der Waals surface area contributed by atoms with E-state index in [-0.39, 0.29) is 6.03 Å². The van der Waals surface area contributed by atoms with Crippen LogP contribution in [-0.2, 0) is 6.54 Å². The minimum Gasteiger partial charge on any atom is -0.322 e. The van der Waals surface area contributed by atoms with Crippen LogP contribution in [0.15, 0.2) is 36.7 Å². The summed E-state index contributed by atoms with van der Waals surface area (Å²) in [5, 5.41) is 3.10. The van der Waals surface area contributed by atoms with Crippen LogP contribution in [0.3, 0.4) is 0 Å². The van der Waals surface area contributed by atoms with Crippen LogP contribution in [0, 0.1) is 20.8 Å². The first-order valence-corrected chi connectivity index (χ1v) is 8.78. The topological polar surface area (TPSA) is 48.5 Å². The number of benzene rings is 1. The van der Waals surface area contributed by atoms with E-state index in [1.807, 2.05) is 31.0 Å². The Hall–Kier alpha value is -2.40. The molecule has 0 atom stereocenters. The summed E-state index contributed by atoms with van der Waals surface area (Å²) in [6.07, 6.45) is 3.70. The molecule has 1 fully saturated rings. The molecular formula is C20H26N4O. The second-order valence-electron chi connectivity index (χ2n) is 6.83. The van der Waals surface area contributed by atoms with Gasteiger partial charge in [0.1, 0.15) is 0 Å². The maximum absolute atomic E-state index is 12.6. The number of carbonyl (C=O) groups excluding carboxylic acids is 1. The average molecular weight is 338 g/mol. The van der Waals surface area contributed by atoms with Gasteiger partial charge in [-0.1, -0.05) is 23.8 Å². The van der Waals surface area contributed by atoms with Crippen LogP contribution in [0.4, 0.5) is 10.5 Å². The van der Waals surface area contributed by atoms with E-state index in [0.717, 1.165) is 49.5 Å². The van der Waals surface area contributed by atoms with E-state index in [9.17, 15) is 4.79 Å². The second kappa shape index (κ2) is 7.66. The summed E-state index contributed by atoms with van der Waals surface area (Å²) in [5.74, 6) is 0. The zero-order valence-electron chi connectivity index (χ0n) is 15.2. The summed E-state index contributed by atoms with van der Waals surface area (Å²) < 4.78 is 0. The van der Waals surface area contributed by atoms with E-state index in [1.54, 1.807) is 6.20 Å². The fourth-order valence-corrected chi connectivity index (χ4v) is 3.42. The summed E-state index contributed by atoms with van der Waals surface area (Å²) >= 11 is 0. The number of nitrogens with zero attached hydrogens (tertiary/aromatic N) is 3. The number of carbonyl (C=O) groups is 1. The average Bonchev–Trinajstić information content (AvgIpc) is 2.59. The third-order valence-corrected chi connectivity index (χ3v) is 4.70. The number of amides is 2. The van der Waals surface area contributed by atoms with Gasteiger partial charge in [0, 0.05) is 50.8 Å². The molecule has 0 bridgehead atoms. The van der Waals surface area contributed by atoms with E-state index >= 15 is 0 Å². The Bertz CT molecular complexity index is 714. The number of aryl methyl sites for hydroxylation is 3. The number of hydrogen-bond acceptors (Lipinski definition) is 3. The zero-order chi connectivity index (χ0) is 17.8. The van der Waals surface area contributed by atoms with Crippen LogP contribution in [0.5, 0.6) is 0 Å². The van der Waals surface area contributed by atoms with Gasteiger partial charge in [-0.15, -0.1) is 0 Å². The van der Waals surface area contributed by atoms with Crippen molar-refractivity contribution in [3.63, 3.8) is 0 Å². The first-order valence-electron chi connectivity index (χ1n) is 8.78. The molecule has 0 aliphatic carbocycles. The lowest BCUT2D eigenvalue weighted by Gasteiger charge is -2.34. The first-order chi connectivity index (χ1) is 12.0. The fourth-order valence-electron chi connectivity index (χ4n) is 3.42. The van der Waals surface area contributed by atoms with Crippen molar-refractivity contribution < 1.29 is 4.79 Å². The number of hydrogen-bond donors (Lipinski definition) is 1. The van der Waals surface area contributed by atoms with E-state index in [2.05, 4.69) is 40.3 Å². The second-order valence-corrected chi connectivity index (χ2v) is 6.83. The minimum atomic E-state index is -0.00363. The summed E-state index contributed by atoms with van der Waals surface area (Å²) in [6.45, 7) is 10.3. The predicted molar refractivity (Wildman–Crippen MR) is 101 cm³/mol. The molecule has 1 aliphatic heterocycles. The summed E-state index contributed by atoms with van der Waals surface area (Å²) in [7, 11) is 0. The van der Waals surface area contributed by atoms with Crippen LogP contribution < -0.4 is 5.32 Å². The molecule has 0 spiro atoms. The molecule has 5 nitrogen and oxygen atoms in total. The molecule has 25 heavy (non-hydrogen) atoms. The molecule has 1 aromatic carbocycles. The Morgan fingerprint density at radius 2 is 1.80 bits per heavy atom. The van der Waals surface area contributed by atoms with Gasteiger partial charge in [0.25, 0.3) is 0 Å². The highest BCUT2D eigenvalue weighted by Gasteiger charge is 2.22. The van der Waals surface area contributed by atoms with Crippen molar-refractivity contribution in [1.82, 2.24) is 14.8 Å². The van der Waals surface area contributed by atoms with Crippen molar-refractivity contribution in [2.24, 2.45) is 0 Å². The highest BCUT2D eigenvalue weighted by Crippen LogP contribution is 2.22. The van der Waals surface area contributed by atoms with Gasteiger partial charge < -0.3 is 10.2 Å². The number of nitrogens with one attached hydrogen (secondary N) is 1. The third-order valence-electron chi connectivity index (χ3n) is 4.70. The molecular weight excluding hydrogens is 312 g/mol. The van der Waals surface area contributed by atoms with Crippen LogP contribution >= 0.6 is 0 Å². The number of anilines is 1. The van der Waals surface area contributed by atoms with Gasteiger partial charge in [-0.25, -0.2) is 4.79 Å². The van der Waals surface area contributed by atoms with Gasteiger partial charge in [0.2, 0.25) is 0 Å². The molecule has 2 heterocycles. The van der Waals surface area contributed by atoms with Gasteiger partial charge in [0.15, 0.2) is 0 Å². The lowest BCUT2D eigenvalue weighted by Crippen LogP contribution is -2.49. The third kappa shape index (κ3) is 4.37. The molecule has 0 unspecified atom stereocenters. The number of urea groups is 1. The van der Waals surface area contributed by atoms with Gasteiger partial charge in [-0.2, -0.15) is 0 Å². The van der Waals surface area contributed by atoms with Crippen LogP contribution in [0.25, 0.3) is 0 Å². The van der Waals surface area contributed by atoms with Crippen molar-refractivity contribution in [1.29, 1.82) is 0 Å². The predicted octanol–water partition coefficient (Wildman–Crippen LogP) is 3.36. The lowest BCUT2D eigenvalue weighted by atomic mass is 10.1. The van der Waals surface area contributed by atoms with Crippen molar-refractivity contribution in [2.75, 3.05) is 31.5 Å². The normalized spacial score (nSPS) is 15.2. The number of aromatic nitrogens is 1. The minimum absolute atomic E-state index is 0.00363. The SMILES string of the molecule is Cc1cc(C)c(NC(=O)N2CCN(Cc3cccnc3)CC2)c(C)c1. The van der Waals surface area contributed by atoms with Gasteiger partial charge in [-0.3, -0.25) is 9.88 Å². The van der Waals surface area contributed by atoms with E-state index < -0.39 is 0 Å². The van der Waals surface area contributed by atoms with Crippen molar-refractivity contribution in [3.05, 3.63) is 58.9 Å². The molecule has 1 aliphatic rings. The smallest absolute Gasteiger partial charge is 0.321 e. The highest BCUT2D eigenvalue weighted by molar-refractivity contribution is 5.91. The number of rotatable bonds is 3. The van der Waals surface area contributed by atoms with Crippen molar-refractivity contribution in [2.45, 2.75) is 27.3 Å². The Balaban J connectivity index is 1.55. The van der Waals surface area contributed by atoms with Crippen LogP contribution in [0.2, 0.25) is 0 Å². The number of pyridine rings is 1. The van der Waals surface area contributed by atoms with Gasteiger partial charge in [-0.05, 0) is 43.5 Å². The maximum atomic E-state index is 12.6. The van der Waals surface area contributed by atoms with E-state index in [1.165, 1.54) is 11.1 Å².